The lowest BCUT2D eigenvalue weighted by Gasteiger charge is -2.51. The molecule has 0 radical (unpaired) electrons. The molecular formula is C20H26BrF2N3O6. The van der Waals surface area contributed by atoms with Crippen LogP contribution in [-0.4, -0.2) is 80.2 Å². The Hall–Kier alpha value is -1.73. The van der Waals surface area contributed by atoms with Gasteiger partial charge in [0.25, 0.3) is 6.43 Å². The van der Waals surface area contributed by atoms with E-state index in [1.54, 1.807) is 6.92 Å². The fourth-order valence-corrected chi connectivity index (χ4v) is 4.18. The van der Waals surface area contributed by atoms with Crippen LogP contribution in [0.4, 0.5) is 8.78 Å². The highest BCUT2D eigenvalue weighted by Gasteiger charge is 2.56. The zero-order valence-corrected chi connectivity index (χ0v) is 19.4. The Morgan fingerprint density at radius 2 is 2.03 bits per heavy atom. The lowest BCUT2D eigenvalue weighted by atomic mass is 9.90. The van der Waals surface area contributed by atoms with E-state index in [1.807, 2.05) is 30.3 Å². The van der Waals surface area contributed by atoms with Crippen LogP contribution in [0.1, 0.15) is 18.8 Å². The molecule has 1 aromatic carbocycles. The van der Waals surface area contributed by atoms with Crippen molar-refractivity contribution in [1.29, 1.82) is 0 Å². The average molecular weight is 522 g/mol. The van der Waals surface area contributed by atoms with Crippen LogP contribution in [0.15, 0.2) is 40.7 Å². The van der Waals surface area contributed by atoms with Gasteiger partial charge in [-0.05, 0) is 6.92 Å². The van der Waals surface area contributed by atoms with Gasteiger partial charge in [0.05, 0.1) is 20.8 Å². The van der Waals surface area contributed by atoms with Crippen LogP contribution in [0.2, 0.25) is 0 Å². The van der Waals surface area contributed by atoms with Crippen LogP contribution in [0.5, 0.6) is 0 Å². The zero-order valence-electron chi connectivity index (χ0n) is 17.8. The molecule has 178 valence electrons. The maximum Gasteiger partial charge on any atom is 0.337 e. The molecule has 2 saturated heterocycles. The second kappa shape index (κ2) is 11.4. The molecule has 0 bridgehead atoms. The molecule has 0 amide bonds. The van der Waals surface area contributed by atoms with E-state index >= 15 is 0 Å². The van der Waals surface area contributed by atoms with E-state index in [-0.39, 0.29) is 6.61 Å². The van der Waals surface area contributed by atoms with Gasteiger partial charge in [-0.1, -0.05) is 51.5 Å². The van der Waals surface area contributed by atoms with Crippen molar-refractivity contribution in [3.63, 3.8) is 0 Å². The molecule has 0 aliphatic carbocycles. The fraction of sp³-hybridized carbons (Fsp3) is 0.650. The number of alkyl halides is 3. The molecule has 12 heteroatoms. The molecular weight excluding hydrogens is 496 g/mol. The number of ether oxygens (including phenoxy) is 5. The average Bonchev–Trinajstić information content (AvgIpc) is 2.80. The highest BCUT2D eigenvalue weighted by Crippen LogP contribution is 2.38. The van der Waals surface area contributed by atoms with E-state index in [0.29, 0.717) is 0 Å². The quantitative estimate of drug-likeness (QED) is 0.170. The minimum Gasteiger partial charge on any atom is -0.467 e. The Morgan fingerprint density at radius 1 is 1.31 bits per heavy atom. The monoisotopic (exact) mass is 521 g/mol. The Balaban J connectivity index is 2.00. The predicted octanol–water partition coefficient (Wildman–Crippen LogP) is 3.10. The summed E-state index contributed by atoms with van der Waals surface area (Å²) >= 11 is 3.46. The number of carbonyl (C=O) groups excluding carboxylic acids is 1. The zero-order chi connectivity index (χ0) is 23.3. The van der Waals surface area contributed by atoms with Crippen LogP contribution >= 0.6 is 15.9 Å². The number of hydrogen-bond donors (Lipinski definition) is 0. The van der Waals surface area contributed by atoms with Gasteiger partial charge in [0, 0.05) is 5.56 Å². The number of rotatable bonds is 8. The van der Waals surface area contributed by atoms with Crippen LogP contribution < -0.4 is 0 Å². The maximum atomic E-state index is 13.1. The van der Waals surface area contributed by atoms with Gasteiger partial charge in [0.15, 0.2) is 12.4 Å². The van der Waals surface area contributed by atoms with Crippen LogP contribution in [0.3, 0.4) is 0 Å². The number of esters is 1. The summed E-state index contributed by atoms with van der Waals surface area (Å²) < 4.78 is 54.4. The molecule has 2 heterocycles. The number of nitrogens with zero attached hydrogens (tertiary/aromatic N) is 3. The summed E-state index contributed by atoms with van der Waals surface area (Å²) in [5.74, 6) is -0.756. The molecule has 2 aliphatic rings. The molecule has 2 unspecified atom stereocenters. The molecule has 1 aromatic rings. The van der Waals surface area contributed by atoms with Gasteiger partial charge in [-0.3, -0.25) is 5.01 Å². The van der Waals surface area contributed by atoms with Gasteiger partial charge in [-0.25, -0.2) is 13.6 Å². The lowest BCUT2D eigenvalue weighted by molar-refractivity contribution is -0.323. The van der Waals surface area contributed by atoms with Crippen molar-refractivity contribution in [3.05, 3.63) is 35.9 Å². The minimum atomic E-state index is -2.75. The normalized spacial score (nSPS) is 31.3. The van der Waals surface area contributed by atoms with E-state index in [0.717, 1.165) is 5.56 Å². The number of carbonyl (C=O) groups is 1. The van der Waals surface area contributed by atoms with E-state index in [4.69, 9.17) is 23.7 Å². The Morgan fingerprint density at radius 3 is 2.62 bits per heavy atom. The summed E-state index contributed by atoms with van der Waals surface area (Å²) in [6, 6.07) is 8.45. The number of hydrogen-bond acceptors (Lipinski definition) is 8. The SMILES string of the molecule is C/N=N\N(C(C)Br)[C@H]1[C@H]2OC(c3ccccc3)OC[C@H]2O[C@@H](C(=O)OC)[C@@H]1OCC(F)F. The van der Waals surface area contributed by atoms with Crippen molar-refractivity contribution in [2.75, 3.05) is 27.4 Å². The third kappa shape index (κ3) is 5.60. The largest absolute Gasteiger partial charge is 0.467 e. The summed E-state index contributed by atoms with van der Waals surface area (Å²) in [5, 5.41) is 9.50. The van der Waals surface area contributed by atoms with E-state index in [9.17, 15) is 13.6 Å². The summed E-state index contributed by atoms with van der Waals surface area (Å²) in [4.78, 5) is 12.1. The highest BCUT2D eigenvalue weighted by molar-refractivity contribution is 9.09. The van der Waals surface area contributed by atoms with Crippen LogP contribution in [0, 0.1) is 0 Å². The Kier molecular flexibility index (Phi) is 8.88. The molecule has 7 atom stereocenters. The van der Waals surface area contributed by atoms with Crippen molar-refractivity contribution >= 4 is 21.9 Å². The van der Waals surface area contributed by atoms with Crippen molar-refractivity contribution < 1.29 is 37.3 Å². The second-order valence-electron chi connectivity index (χ2n) is 7.22. The number of benzene rings is 1. The molecule has 0 saturated carbocycles. The summed E-state index contributed by atoms with van der Waals surface area (Å²) in [6.45, 7) is 0.982. The second-order valence-corrected chi connectivity index (χ2v) is 8.54. The van der Waals surface area contributed by atoms with Gasteiger partial charge < -0.3 is 23.7 Å². The first kappa shape index (κ1) is 24.9. The summed E-state index contributed by atoms with van der Waals surface area (Å²) in [6.07, 6.45) is -7.36. The highest BCUT2D eigenvalue weighted by atomic mass is 79.9. The molecule has 32 heavy (non-hydrogen) atoms. The molecule has 0 N–H and O–H groups in total. The number of methoxy groups -OCH3 is 1. The molecule has 0 spiro atoms. The molecule has 2 aliphatic heterocycles. The molecule has 2 fully saturated rings. The van der Waals surface area contributed by atoms with E-state index in [2.05, 4.69) is 26.3 Å². The van der Waals surface area contributed by atoms with Gasteiger partial charge in [-0.2, -0.15) is 5.11 Å². The first-order valence-electron chi connectivity index (χ1n) is 10.0. The lowest BCUT2D eigenvalue weighted by Crippen LogP contribution is -2.68. The standard InChI is InChI=1S/C20H26BrF2N3O6/c1-11(21)26(25-24-2)15-16-13(9-30-20(32-16)12-7-5-4-6-8-12)31-18(19(27)28-3)17(15)29-10-14(22)23/h4-8,11,13-18,20H,9-10H2,1-3H3/b25-24-/t11?,13-,15+,16+,17-,18-,20?/m1/s1. The summed E-state index contributed by atoms with van der Waals surface area (Å²) in [7, 11) is 2.66. The van der Waals surface area contributed by atoms with Gasteiger partial charge in [0.1, 0.15) is 35.9 Å². The molecule has 0 aromatic heterocycles. The first-order chi connectivity index (χ1) is 15.4. The predicted molar refractivity (Wildman–Crippen MR) is 111 cm³/mol. The number of fused-ring (bicyclic) bond motifs is 1. The van der Waals surface area contributed by atoms with Crippen LogP contribution in [-0.2, 0) is 28.5 Å². The fourth-order valence-electron chi connectivity index (χ4n) is 3.83. The molecule has 9 nitrogen and oxygen atoms in total. The van der Waals surface area contributed by atoms with Gasteiger partial charge >= 0.3 is 5.97 Å². The van der Waals surface area contributed by atoms with Gasteiger partial charge in [0.2, 0.25) is 0 Å². The first-order valence-corrected chi connectivity index (χ1v) is 11.0. The topological polar surface area (TPSA) is 91.2 Å². The van der Waals surface area contributed by atoms with Gasteiger partial charge in [-0.15, -0.1) is 0 Å². The van der Waals surface area contributed by atoms with Crippen molar-refractivity contribution in [1.82, 2.24) is 5.01 Å². The third-order valence-corrected chi connectivity index (χ3v) is 5.55. The molecule has 3 rings (SSSR count). The van der Waals surface area contributed by atoms with Crippen molar-refractivity contribution in [3.8, 4) is 0 Å². The Bertz CT molecular complexity index is 775. The van der Waals surface area contributed by atoms with E-state index in [1.165, 1.54) is 19.2 Å². The number of halogens is 3. The third-order valence-electron chi connectivity index (χ3n) is 5.13. The maximum absolute atomic E-state index is 13.1. The Labute approximate surface area is 193 Å². The van der Waals surface area contributed by atoms with E-state index < -0.39 is 60.7 Å². The smallest absolute Gasteiger partial charge is 0.337 e. The van der Waals surface area contributed by atoms with Crippen molar-refractivity contribution in [2.45, 2.75) is 55.0 Å². The summed E-state index contributed by atoms with van der Waals surface area (Å²) in [5.41, 5.74) is 0.778. The van der Waals surface area contributed by atoms with Crippen molar-refractivity contribution in [2.24, 2.45) is 10.3 Å². The van der Waals surface area contributed by atoms with Crippen LogP contribution in [0.25, 0.3) is 0 Å². The minimum absolute atomic E-state index is 0.101.